The molecule has 0 saturated carbocycles. The summed E-state index contributed by atoms with van der Waals surface area (Å²) in [5, 5.41) is 5.74. The van der Waals surface area contributed by atoms with E-state index in [1.54, 1.807) is 13.2 Å². The summed E-state index contributed by atoms with van der Waals surface area (Å²) in [6.07, 6.45) is 2.31. The van der Waals surface area contributed by atoms with E-state index in [2.05, 4.69) is 20.6 Å². The normalized spacial score (nSPS) is 10.4. The molecule has 0 unspecified atom stereocenters. The first-order valence-corrected chi connectivity index (χ1v) is 8.06. The lowest BCUT2D eigenvalue weighted by atomic mass is 10.1. The molecule has 3 aromatic rings. The summed E-state index contributed by atoms with van der Waals surface area (Å²) < 4.78 is 32.5. The van der Waals surface area contributed by atoms with Crippen LogP contribution in [0.5, 0.6) is 5.75 Å². The fourth-order valence-corrected chi connectivity index (χ4v) is 2.37. The van der Waals surface area contributed by atoms with Gasteiger partial charge in [0.25, 0.3) is 0 Å². The SMILES string of the molecule is COc1ccc(CCNc2ccnc(Nc3c(F)cccc3F)n2)cc1. The first-order valence-electron chi connectivity index (χ1n) is 8.06. The van der Waals surface area contributed by atoms with Crippen LogP contribution in [-0.4, -0.2) is 23.6 Å². The minimum atomic E-state index is -0.702. The lowest BCUT2D eigenvalue weighted by Gasteiger charge is -2.10. The Labute approximate surface area is 150 Å². The van der Waals surface area contributed by atoms with Crippen molar-refractivity contribution in [1.82, 2.24) is 9.97 Å². The molecular formula is C19H18F2N4O. The van der Waals surface area contributed by atoms with Crippen LogP contribution in [0.3, 0.4) is 0 Å². The maximum absolute atomic E-state index is 13.7. The first-order chi connectivity index (χ1) is 12.7. The lowest BCUT2D eigenvalue weighted by Crippen LogP contribution is -2.08. The molecule has 0 atom stereocenters. The van der Waals surface area contributed by atoms with Crippen molar-refractivity contribution in [3.8, 4) is 5.75 Å². The van der Waals surface area contributed by atoms with E-state index in [1.165, 1.54) is 24.4 Å². The van der Waals surface area contributed by atoms with Crippen molar-refractivity contribution < 1.29 is 13.5 Å². The Hall–Kier alpha value is -3.22. The van der Waals surface area contributed by atoms with Gasteiger partial charge in [-0.1, -0.05) is 18.2 Å². The number of ether oxygens (including phenoxy) is 1. The van der Waals surface area contributed by atoms with E-state index >= 15 is 0 Å². The second-order valence-electron chi connectivity index (χ2n) is 5.51. The zero-order chi connectivity index (χ0) is 18.4. The van der Waals surface area contributed by atoms with E-state index in [1.807, 2.05) is 24.3 Å². The van der Waals surface area contributed by atoms with Crippen LogP contribution in [-0.2, 0) is 6.42 Å². The zero-order valence-corrected chi connectivity index (χ0v) is 14.2. The molecule has 1 aromatic heterocycles. The number of rotatable bonds is 7. The van der Waals surface area contributed by atoms with Gasteiger partial charge in [0.1, 0.15) is 28.9 Å². The third-order valence-corrected chi connectivity index (χ3v) is 3.73. The second-order valence-corrected chi connectivity index (χ2v) is 5.51. The van der Waals surface area contributed by atoms with E-state index in [9.17, 15) is 8.78 Å². The number of benzene rings is 2. The van der Waals surface area contributed by atoms with Crippen molar-refractivity contribution in [3.63, 3.8) is 0 Å². The number of para-hydroxylation sites is 1. The molecule has 0 saturated heterocycles. The van der Waals surface area contributed by atoms with Crippen LogP contribution in [0.4, 0.5) is 26.2 Å². The molecule has 0 aliphatic carbocycles. The molecule has 5 nitrogen and oxygen atoms in total. The standard InChI is InChI=1S/C19H18F2N4O/c1-26-14-7-5-13(6-8-14)9-11-22-17-10-12-23-19(24-17)25-18-15(20)3-2-4-16(18)21/h2-8,10,12H,9,11H2,1H3,(H2,22,23,24,25). The number of nitrogens with zero attached hydrogens (tertiary/aromatic N) is 2. The number of halogens is 2. The summed E-state index contributed by atoms with van der Waals surface area (Å²) in [6.45, 7) is 0.650. The molecule has 0 radical (unpaired) electrons. The van der Waals surface area contributed by atoms with Crippen molar-refractivity contribution in [2.75, 3.05) is 24.3 Å². The van der Waals surface area contributed by atoms with Gasteiger partial charge in [0.05, 0.1) is 7.11 Å². The quantitative estimate of drug-likeness (QED) is 0.666. The number of nitrogens with one attached hydrogen (secondary N) is 2. The highest BCUT2D eigenvalue weighted by atomic mass is 19.1. The maximum Gasteiger partial charge on any atom is 0.229 e. The Balaban J connectivity index is 1.60. The predicted molar refractivity (Wildman–Crippen MR) is 96.9 cm³/mol. The number of hydrogen-bond donors (Lipinski definition) is 2. The van der Waals surface area contributed by atoms with Crippen molar-refractivity contribution in [3.05, 3.63) is 71.9 Å². The van der Waals surface area contributed by atoms with E-state index in [0.29, 0.717) is 12.4 Å². The minimum absolute atomic E-state index is 0.114. The Morgan fingerprint density at radius 2 is 1.73 bits per heavy atom. The summed E-state index contributed by atoms with van der Waals surface area (Å²) in [7, 11) is 1.63. The summed E-state index contributed by atoms with van der Waals surface area (Å²) in [4.78, 5) is 8.21. The largest absolute Gasteiger partial charge is 0.497 e. The van der Waals surface area contributed by atoms with Gasteiger partial charge in [-0.15, -0.1) is 0 Å². The summed E-state index contributed by atoms with van der Waals surface area (Å²) >= 11 is 0. The maximum atomic E-state index is 13.7. The third-order valence-electron chi connectivity index (χ3n) is 3.73. The van der Waals surface area contributed by atoms with Crippen LogP contribution in [0, 0.1) is 11.6 Å². The molecule has 0 amide bonds. The van der Waals surface area contributed by atoms with Gasteiger partial charge in [0.15, 0.2) is 0 Å². The average molecular weight is 356 g/mol. The highest BCUT2D eigenvalue weighted by Gasteiger charge is 2.10. The predicted octanol–water partition coefficient (Wildman–Crippen LogP) is 4.16. The smallest absolute Gasteiger partial charge is 0.229 e. The van der Waals surface area contributed by atoms with E-state index < -0.39 is 11.6 Å². The average Bonchev–Trinajstić information content (AvgIpc) is 2.66. The van der Waals surface area contributed by atoms with Crippen molar-refractivity contribution in [1.29, 1.82) is 0 Å². The lowest BCUT2D eigenvalue weighted by molar-refractivity contribution is 0.414. The van der Waals surface area contributed by atoms with Gasteiger partial charge >= 0.3 is 0 Å². The highest BCUT2D eigenvalue weighted by Crippen LogP contribution is 2.21. The fourth-order valence-electron chi connectivity index (χ4n) is 2.37. The molecular weight excluding hydrogens is 338 g/mol. The number of hydrogen-bond acceptors (Lipinski definition) is 5. The molecule has 2 N–H and O–H groups in total. The van der Waals surface area contributed by atoms with E-state index in [4.69, 9.17) is 4.74 Å². The van der Waals surface area contributed by atoms with E-state index in [-0.39, 0.29) is 11.6 Å². The molecule has 0 aliphatic heterocycles. The monoisotopic (exact) mass is 356 g/mol. The Bertz CT molecular complexity index is 851. The molecule has 0 fully saturated rings. The van der Waals surface area contributed by atoms with Gasteiger partial charge in [-0.25, -0.2) is 13.8 Å². The molecule has 7 heteroatoms. The van der Waals surface area contributed by atoms with Gasteiger partial charge in [-0.05, 0) is 42.3 Å². The number of aromatic nitrogens is 2. The summed E-state index contributed by atoms with van der Waals surface area (Å²) in [5.41, 5.74) is 0.877. The van der Waals surface area contributed by atoms with Gasteiger partial charge in [0, 0.05) is 12.7 Å². The molecule has 26 heavy (non-hydrogen) atoms. The molecule has 134 valence electrons. The Kier molecular flexibility index (Phi) is 5.58. The van der Waals surface area contributed by atoms with Crippen LogP contribution in [0.1, 0.15) is 5.56 Å². The molecule has 0 aliphatic rings. The third kappa shape index (κ3) is 4.44. The number of anilines is 3. The van der Waals surface area contributed by atoms with Crippen molar-refractivity contribution >= 4 is 17.5 Å². The van der Waals surface area contributed by atoms with Crippen LogP contribution >= 0.6 is 0 Å². The first kappa shape index (κ1) is 17.6. The van der Waals surface area contributed by atoms with Crippen molar-refractivity contribution in [2.24, 2.45) is 0 Å². The molecule has 0 bridgehead atoms. The highest BCUT2D eigenvalue weighted by molar-refractivity contribution is 5.56. The zero-order valence-electron chi connectivity index (χ0n) is 14.2. The fraction of sp³-hybridized carbons (Fsp3) is 0.158. The molecule has 0 spiro atoms. The van der Waals surface area contributed by atoms with Crippen LogP contribution in [0.25, 0.3) is 0 Å². The van der Waals surface area contributed by atoms with Gasteiger partial charge in [-0.3, -0.25) is 0 Å². The molecule has 3 rings (SSSR count). The summed E-state index contributed by atoms with van der Waals surface area (Å²) in [6, 6.07) is 13.1. The minimum Gasteiger partial charge on any atom is -0.497 e. The van der Waals surface area contributed by atoms with E-state index in [0.717, 1.165) is 17.7 Å². The second kappa shape index (κ2) is 8.24. The Morgan fingerprint density at radius 1 is 1.00 bits per heavy atom. The van der Waals surface area contributed by atoms with Crippen LogP contribution < -0.4 is 15.4 Å². The Morgan fingerprint density at radius 3 is 2.42 bits per heavy atom. The van der Waals surface area contributed by atoms with Gasteiger partial charge in [0.2, 0.25) is 5.95 Å². The van der Waals surface area contributed by atoms with Crippen molar-refractivity contribution in [2.45, 2.75) is 6.42 Å². The molecule has 2 aromatic carbocycles. The van der Waals surface area contributed by atoms with Crippen LogP contribution in [0.15, 0.2) is 54.7 Å². The van der Waals surface area contributed by atoms with Gasteiger partial charge < -0.3 is 15.4 Å². The van der Waals surface area contributed by atoms with Crippen LogP contribution in [0.2, 0.25) is 0 Å². The van der Waals surface area contributed by atoms with Gasteiger partial charge in [-0.2, -0.15) is 4.98 Å². The summed E-state index contributed by atoms with van der Waals surface area (Å²) in [5.74, 6) is 0.0859. The molecule has 1 heterocycles. The number of methoxy groups -OCH3 is 1. The topological polar surface area (TPSA) is 59.1 Å².